The average Bonchev–Trinajstić information content (AvgIpc) is 2.47. The maximum atomic E-state index is 11.2. The average molecular weight is 301 g/mol. The first-order valence-corrected chi connectivity index (χ1v) is 7.35. The molecular formula is C15H11NO2S2. The lowest BCUT2D eigenvalue weighted by atomic mass is 9.98. The standard InChI is InChI=1S/C15H11NO2S2/c17-20(18)14-8-4-7-13(15(14)16-11-19)10-9-12-5-2-1-3-6-12/h1-10,15H. The van der Waals surface area contributed by atoms with E-state index in [1.807, 2.05) is 48.6 Å². The second-order valence-electron chi connectivity index (χ2n) is 4.03. The van der Waals surface area contributed by atoms with Gasteiger partial charge in [0, 0.05) is 0 Å². The van der Waals surface area contributed by atoms with Gasteiger partial charge in [-0.1, -0.05) is 54.6 Å². The second-order valence-corrected chi connectivity index (χ2v) is 5.15. The summed E-state index contributed by atoms with van der Waals surface area (Å²) in [6.45, 7) is 0. The lowest BCUT2D eigenvalue weighted by Crippen LogP contribution is -2.21. The maximum Gasteiger partial charge on any atom is 0.219 e. The van der Waals surface area contributed by atoms with Gasteiger partial charge in [0.2, 0.25) is 10.3 Å². The zero-order valence-corrected chi connectivity index (χ0v) is 12.1. The molecule has 20 heavy (non-hydrogen) atoms. The Morgan fingerprint density at radius 3 is 2.60 bits per heavy atom. The van der Waals surface area contributed by atoms with Crippen molar-refractivity contribution in [2.75, 3.05) is 0 Å². The minimum atomic E-state index is -2.33. The summed E-state index contributed by atoms with van der Waals surface area (Å²) in [6.07, 6.45) is 8.76. The first-order valence-electron chi connectivity index (χ1n) is 5.87. The number of hydrogen-bond donors (Lipinski definition) is 0. The van der Waals surface area contributed by atoms with Crippen molar-refractivity contribution in [3.05, 3.63) is 65.8 Å². The molecular weight excluding hydrogens is 290 g/mol. The maximum absolute atomic E-state index is 11.2. The molecule has 0 aromatic heterocycles. The number of thiocarbonyl (C=S) groups is 1. The van der Waals surface area contributed by atoms with E-state index in [0.717, 1.165) is 11.1 Å². The number of benzene rings is 1. The van der Waals surface area contributed by atoms with Crippen LogP contribution in [-0.4, -0.2) is 24.5 Å². The van der Waals surface area contributed by atoms with Gasteiger partial charge in [0.25, 0.3) is 0 Å². The lowest BCUT2D eigenvalue weighted by Gasteiger charge is -2.13. The Labute approximate surface area is 124 Å². The van der Waals surface area contributed by atoms with E-state index in [1.54, 1.807) is 6.08 Å². The van der Waals surface area contributed by atoms with Crippen molar-refractivity contribution < 1.29 is 8.42 Å². The van der Waals surface area contributed by atoms with Crippen LogP contribution in [0.4, 0.5) is 0 Å². The monoisotopic (exact) mass is 301 g/mol. The predicted octanol–water partition coefficient (Wildman–Crippen LogP) is 2.72. The highest BCUT2D eigenvalue weighted by Gasteiger charge is 2.19. The molecule has 0 radical (unpaired) electrons. The minimum absolute atomic E-state index is 0.192. The molecule has 0 N–H and O–H groups in total. The Kier molecular flexibility index (Phi) is 4.96. The van der Waals surface area contributed by atoms with Crippen LogP contribution >= 0.6 is 12.2 Å². The highest BCUT2D eigenvalue weighted by Crippen LogP contribution is 2.17. The summed E-state index contributed by atoms with van der Waals surface area (Å²) in [4.78, 5) is 4.14. The van der Waals surface area contributed by atoms with Gasteiger partial charge in [-0.3, -0.25) is 0 Å². The normalized spacial score (nSPS) is 17.7. The van der Waals surface area contributed by atoms with E-state index in [1.165, 1.54) is 6.08 Å². The van der Waals surface area contributed by atoms with Crippen LogP contribution in [0.1, 0.15) is 5.56 Å². The van der Waals surface area contributed by atoms with Gasteiger partial charge in [-0.15, -0.1) is 0 Å². The van der Waals surface area contributed by atoms with Gasteiger partial charge >= 0.3 is 0 Å². The molecule has 0 aliphatic heterocycles. The third-order valence-corrected chi connectivity index (χ3v) is 3.63. The smallest absolute Gasteiger partial charge is 0.218 e. The molecule has 0 saturated carbocycles. The Hall–Kier alpha value is -2.07. The summed E-state index contributed by atoms with van der Waals surface area (Å²) in [5.41, 5.74) is 1.78. The van der Waals surface area contributed by atoms with Crippen molar-refractivity contribution in [3.63, 3.8) is 0 Å². The summed E-state index contributed by atoms with van der Waals surface area (Å²) in [5.74, 6) is 0. The van der Waals surface area contributed by atoms with Crippen LogP contribution in [0.3, 0.4) is 0 Å². The fraction of sp³-hybridized carbons (Fsp3) is 0.0667. The van der Waals surface area contributed by atoms with Crippen molar-refractivity contribution in [2.45, 2.75) is 6.04 Å². The molecule has 0 fully saturated rings. The summed E-state index contributed by atoms with van der Waals surface area (Å²) >= 11 is 4.60. The van der Waals surface area contributed by atoms with Gasteiger partial charge in [0.1, 0.15) is 10.9 Å². The van der Waals surface area contributed by atoms with E-state index in [9.17, 15) is 8.42 Å². The number of hydrogen-bond acceptors (Lipinski definition) is 4. The molecule has 1 aromatic carbocycles. The highest BCUT2D eigenvalue weighted by atomic mass is 32.2. The van der Waals surface area contributed by atoms with Crippen LogP contribution in [0, 0.1) is 0 Å². The number of isothiocyanates is 1. The molecule has 3 nitrogen and oxygen atoms in total. The van der Waals surface area contributed by atoms with E-state index >= 15 is 0 Å². The van der Waals surface area contributed by atoms with Crippen molar-refractivity contribution in [3.8, 4) is 0 Å². The van der Waals surface area contributed by atoms with Gasteiger partial charge in [0.15, 0.2) is 0 Å². The van der Waals surface area contributed by atoms with Crippen molar-refractivity contribution >= 4 is 38.6 Å². The number of nitrogens with zero attached hydrogens (tertiary/aromatic N) is 1. The summed E-state index contributed by atoms with van der Waals surface area (Å²) < 4.78 is 22.4. The molecule has 1 aliphatic carbocycles. The lowest BCUT2D eigenvalue weighted by molar-refractivity contribution is 0.626. The van der Waals surface area contributed by atoms with E-state index in [2.05, 4.69) is 22.4 Å². The molecule has 100 valence electrons. The third kappa shape index (κ3) is 3.48. The van der Waals surface area contributed by atoms with E-state index < -0.39 is 16.3 Å². The summed E-state index contributed by atoms with van der Waals surface area (Å²) in [5, 5.41) is 2.26. The quantitative estimate of drug-likeness (QED) is 0.637. The summed E-state index contributed by atoms with van der Waals surface area (Å²) in [7, 11) is -2.33. The van der Waals surface area contributed by atoms with Crippen molar-refractivity contribution in [1.82, 2.24) is 0 Å². The fourth-order valence-electron chi connectivity index (χ4n) is 1.84. The van der Waals surface area contributed by atoms with E-state index in [-0.39, 0.29) is 4.86 Å². The highest BCUT2D eigenvalue weighted by molar-refractivity contribution is 7.78. The molecule has 1 unspecified atom stereocenters. The van der Waals surface area contributed by atoms with Crippen LogP contribution in [0.25, 0.3) is 6.08 Å². The van der Waals surface area contributed by atoms with Crippen LogP contribution in [0.5, 0.6) is 0 Å². The van der Waals surface area contributed by atoms with Gasteiger partial charge in [0.05, 0.1) is 5.16 Å². The van der Waals surface area contributed by atoms with Crippen molar-refractivity contribution in [1.29, 1.82) is 0 Å². The molecule has 1 aromatic rings. The van der Waals surface area contributed by atoms with Crippen molar-refractivity contribution in [2.24, 2.45) is 4.99 Å². The zero-order chi connectivity index (χ0) is 14.4. The van der Waals surface area contributed by atoms with Gasteiger partial charge < -0.3 is 0 Å². The number of rotatable bonds is 3. The topological polar surface area (TPSA) is 46.5 Å². The van der Waals surface area contributed by atoms with E-state index in [4.69, 9.17) is 0 Å². The summed E-state index contributed by atoms with van der Waals surface area (Å²) in [6, 6.07) is 9.12. The molecule has 0 amide bonds. The zero-order valence-electron chi connectivity index (χ0n) is 10.4. The van der Waals surface area contributed by atoms with Gasteiger partial charge in [-0.2, -0.15) is 8.42 Å². The van der Waals surface area contributed by atoms with Gasteiger partial charge in [-0.05, 0) is 29.4 Å². The van der Waals surface area contributed by atoms with Gasteiger partial charge in [-0.25, -0.2) is 4.99 Å². The molecule has 0 spiro atoms. The Bertz CT molecular complexity index is 757. The molecule has 2 rings (SSSR count). The predicted molar refractivity (Wildman–Crippen MR) is 85.4 cm³/mol. The molecule has 0 bridgehead atoms. The molecule has 1 atom stereocenters. The number of aliphatic imine (C=N–C) groups is 1. The number of allylic oxidation sites excluding steroid dienone is 2. The van der Waals surface area contributed by atoms with Crippen LogP contribution in [0.2, 0.25) is 0 Å². The Morgan fingerprint density at radius 2 is 1.95 bits per heavy atom. The molecule has 5 heteroatoms. The Morgan fingerprint density at radius 1 is 1.20 bits per heavy atom. The molecule has 0 saturated heterocycles. The minimum Gasteiger partial charge on any atom is -0.218 e. The second kappa shape index (κ2) is 6.91. The van der Waals surface area contributed by atoms with Crippen LogP contribution < -0.4 is 0 Å². The Balaban J connectivity index is 2.37. The molecule has 0 heterocycles. The largest absolute Gasteiger partial charge is 0.219 e. The molecule has 1 aliphatic rings. The third-order valence-electron chi connectivity index (χ3n) is 2.78. The van der Waals surface area contributed by atoms with Crippen LogP contribution in [0.15, 0.2) is 65.2 Å². The first-order chi connectivity index (χ1) is 9.72. The first kappa shape index (κ1) is 14.3. The SMILES string of the molecule is O=S(=O)=C1C=CC=C(C=Cc2ccccc2)C1N=C=S. The fourth-order valence-corrected chi connectivity index (χ4v) is 2.51. The van der Waals surface area contributed by atoms with Crippen LogP contribution in [-0.2, 0) is 10.3 Å². The van der Waals surface area contributed by atoms with E-state index in [0.29, 0.717) is 0 Å².